The molecule has 0 saturated heterocycles. The fourth-order valence-corrected chi connectivity index (χ4v) is 2.46. The zero-order chi connectivity index (χ0) is 17.1. The molecule has 0 unspecified atom stereocenters. The second kappa shape index (κ2) is 6.72. The van der Waals surface area contributed by atoms with Crippen LogP contribution in [0.15, 0.2) is 42.5 Å². The normalized spacial score (nSPS) is 10.5. The Balaban J connectivity index is 1.86. The van der Waals surface area contributed by atoms with Crippen molar-refractivity contribution in [2.45, 2.75) is 13.8 Å². The van der Waals surface area contributed by atoms with Crippen molar-refractivity contribution in [2.75, 3.05) is 16.4 Å². The van der Waals surface area contributed by atoms with E-state index in [0.717, 1.165) is 16.9 Å². The van der Waals surface area contributed by atoms with Gasteiger partial charge < -0.3 is 16.4 Å². The third kappa shape index (κ3) is 3.91. The van der Waals surface area contributed by atoms with Crippen molar-refractivity contribution in [3.63, 3.8) is 0 Å². The first-order valence-corrected chi connectivity index (χ1v) is 7.76. The zero-order valence-electron chi connectivity index (χ0n) is 13.3. The highest BCUT2D eigenvalue weighted by atomic mass is 35.5. The number of nitrogen functional groups attached to an aromatic ring is 1. The van der Waals surface area contributed by atoms with Crippen LogP contribution >= 0.6 is 11.6 Å². The number of halogens is 1. The summed E-state index contributed by atoms with van der Waals surface area (Å²) in [6.45, 7) is 4.07. The molecule has 24 heavy (non-hydrogen) atoms. The molecular formula is C17H17ClN6. The molecule has 0 bridgehead atoms. The molecule has 3 aromatic rings. The van der Waals surface area contributed by atoms with Crippen LogP contribution in [-0.2, 0) is 0 Å². The number of benzene rings is 2. The van der Waals surface area contributed by atoms with Crippen molar-refractivity contribution >= 4 is 40.8 Å². The van der Waals surface area contributed by atoms with Crippen molar-refractivity contribution in [3.05, 3.63) is 58.6 Å². The monoisotopic (exact) mass is 340 g/mol. The molecule has 0 amide bonds. The molecule has 0 aliphatic heterocycles. The summed E-state index contributed by atoms with van der Waals surface area (Å²) in [6.07, 6.45) is 0. The van der Waals surface area contributed by atoms with Crippen LogP contribution in [0.4, 0.5) is 29.2 Å². The van der Waals surface area contributed by atoms with Crippen LogP contribution < -0.4 is 16.4 Å². The summed E-state index contributed by atoms with van der Waals surface area (Å²) in [4.78, 5) is 12.6. The summed E-state index contributed by atoms with van der Waals surface area (Å²) < 4.78 is 0. The average Bonchev–Trinajstić information content (AvgIpc) is 2.49. The Bertz CT molecular complexity index is 881. The highest BCUT2D eigenvalue weighted by Crippen LogP contribution is 2.22. The number of anilines is 5. The number of hydrogen-bond donors (Lipinski definition) is 3. The first kappa shape index (κ1) is 16.0. The van der Waals surface area contributed by atoms with E-state index >= 15 is 0 Å². The van der Waals surface area contributed by atoms with E-state index in [1.54, 1.807) is 12.1 Å². The van der Waals surface area contributed by atoms with Gasteiger partial charge in [-0.25, -0.2) is 0 Å². The van der Waals surface area contributed by atoms with Crippen LogP contribution in [0.5, 0.6) is 0 Å². The maximum absolute atomic E-state index is 5.98. The van der Waals surface area contributed by atoms with Gasteiger partial charge in [0.05, 0.1) is 0 Å². The van der Waals surface area contributed by atoms with Gasteiger partial charge in [-0.1, -0.05) is 35.4 Å². The predicted octanol–water partition coefficient (Wildman–Crippen LogP) is 4.21. The molecule has 0 spiro atoms. The fourth-order valence-electron chi connectivity index (χ4n) is 2.27. The molecule has 0 atom stereocenters. The molecule has 1 heterocycles. The van der Waals surface area contributed by atoms with Gasteiger partial charge >= 0.3 is 0 Å². The van der Waals surface area contributed by atoms with Gasteiger partial charge in [-0.05, 0) is 43.7 Å². The number of aromatic nitrogens is 3. The summed E-state index contributed by atoms with van der Waals surface area (Å²) in [5.41, 5.74) is 9.76. The number of hydrogen-bond acceptors (Lipinski definition) is 6. The second-order valence-electron chi connectivity index (χ2n) is 5.42. The molecule has 0 aliphatic rings. The van der Waals surface area contributed by atoms with Crippen molar-refractivity contribution in [3.8, 4) is 0 Å². The third-order valence-corrected chi connectivity index (χ3v) is 3.60. The number of nitrogens with zero attached hydrogens (tertiary/aromatic N) is 3. The maximum atomic E-state index is 5.98. The third-order valence-electron chi connectivity index (χ3n) is 3.36. The smallest absolute Gasteiger partial charge is 0.233 e. The average molecular weight is 341 g/mol. The van der Waals surface area contributed by atoms with Gasteiger partial charge in [0, 0.05) is 16.4 Å². The first-order valence-electron chi connectivity index (χ1n) is 7.38. The highest BCUT2D eigenvalue weighted by Gasteiger charge is 2.07. The van der Waals surface area contributed by atoms with Gasteiger partial charge in [0.25, 0.3) is 0 Å². The maximum Gasteiger partial charge on any atom is 0.233 e. The molecule has 2 aromatic carbocycles. The van der Waals surface area contributed by atoms with Crippen LogP contribution in [0.2, 0.25) is 5.02 Å². The number of aryl methyl sites for hydroxylation is 2. The van der Waals surface area contributed by atoms with Gasteiger partial charge in [0.1, 0.15) is 0 Å². The van der Waals surface area contributed by atoms with Gasteiger partial charge in [0.15, 0.2) is 0 Å². The van der Waals surface area contributed by atoms with E-state index < -0.39 is 0 Å². The first-order chi connectivity index (χ1) is 11.5. The van der Waals surface area contributed by atoms with E-state index in [2.05, 4.69) is 31.7 Å². The molecule has 6 nitrogen and oxygen atoms in total. The largest absolute Gasteiger partial charge is 0.368 e. The summed E-state index contributed by atoms with van der Waals surface area (Å²) in [6, 6.07) is 13.4. The minimum absolute atomic E-state index is 0.127. The Hall–Kier alpha value is -2.86. The van der Waals surface area contributed by atoms with Crippen LogP contribution in [0.3, 0.4) is 0 Å². The Labute approximate surface area is 145 Å². The van der Waals surface area contributed by atoms with E-state index in [1.165, 1.54) is 5.56 Å². The lowest BCUT2D eigenvalue weighted by molar-refractivity contribution is 1.07. The van der Waals surface area contributed by atoms with Crippen LogP contribution in [-0.4, -0.2) is 15.0 Å². The van der Waals surface area contributed by atoms with E-state index in [0.29, 0.717) is 16.9 Å². The fraction of sp³-hybridized carbons (Fsp3) is 0.118. The second-order valence-corrected chi connectivity index (χ2v) is 5.86. The standard InChI is InChI=1S/C17H17ClN6/c1-10-6-7-14(11(2)8-10)21-17-23-15(19)22-16(24-17)20-13-5-3-4-12(18)9-13/h3-9H,1-2H3,(H4,19,20,21,22,23,24). The topological polar surface area (TPSA) is 88.8 Å². The molecule has 1 aromatic heterocycles. The van der Waals surface area contributed by atoms with E-state index in [9.17, 15) is 0 Å². The lowest BCUT2D eigenvalue weighted by atomic mass is 10.1. The van der Waals surface area contributed by atoms with Crippen molar-refractivity contribution < 1.29 is 0 Å². The van der Waals surface area contributed by atoms with Crippen molar-refractivity contribution in [1.29, 1.82) is 0 Å². The van der Waals surface area contributed by atoms with Gasteiger partial charge in [-0.3, -0.25) is 0 Å². The molecule has 3 rings (SSSR count). The Morgan fingerprint density at radius 3 is 2.38 bits per heavy atom. The molecule has 0 aliphatic carbocycles. The van der Waals surface area contributed by atoms with Crippen molar-refractivity contribution in [2.24, 2.45) is 0 Å². The molecular weight excluding hydrogens is 324 g/mol. The van der Waals surface area contributed by atoms with Crippen LogP contribution in [0.1, 0.15) is 11.1 Å². The summed E-state index contributed by atoms with van der Waals surface area (Å²) in [5, 5.41) is 6.86. The number of nitrogens with one attached hydrogen (secondary N) is 2. The Morgan fingerprint density at radius 1 is 0.917 bits per heavy atom. The van der Waals surface area contributed by atoms with Gasteiger partial charge in [-0.15, -0.1) is 0 Å². The van der Waals surface area contributed by atoms with Gasteiger partial charge in [-0.2, -0.15) is 15.0 Å². The SMILES string of the molecule is Cc1ccc(Nc2nc(N)nc(Nc3cccc(Cl)c3)n2)c(C)c1. The van der Waals surface area contributed by atoms with Crippen LogP contribution in [0, 0.1) is 13.8 Å². The predicted molar refractivity (Wildman–Crippen MR) is 98.2 cm³/mol. The minimum Gasteiger partial charge on any atom is -0.368 e. The van der Waals surface area contributed by atoms with Gasteiger partial charge in [0.2, 0.25) is 17.8 Å². The lowest BCUT2D eigenvalue weighted by Gasteiger charge is -2.11. The number of rotatable bonds is 4. The molecule has 0 radical (unpaired) electrons. The van der Waals surface area contributed by atoms with E-state index in [4.69, 9.17) is 17.3 Å². The van der Waals surface area contributed by atoms with E-state index in [1.807, 2.05) is 38.1 Å². The van der Waals surface area contributed by atoms with Crippen LogP contribution in [0.25, 0.3) is 0 Å². The Kier molecular flexibility index (Phi) is 4.48. The molecule has 7 heteroatoms. The Morgan fingerprint density at radius 2 is 1.67 bits per heavy atom. The molecule has 0 saturated carbocycles. The lowest BCUT2D eigenvalue weighted by Crippen LogP contribution is -2.07. The molecule has 0 fully saturated rings. The molecule has 4 N–H and O–H groups in total. The minimum atomic E-state index is 0.127. The molecule has 122 valence electrons. The highest BCUT2D eigenvalue weighted by molar-refractivity contribution is 6.30. The zero-order valence-corrected chi connectivity index (χ0v) is 14.1. The number of nitrogens with two attached hydrogens (primary N) is 1. The van der Waals surface area contributed by atoms with Crippen molar-refractivity contribution in [1.82, 2.24) is 15.0 Å². The summed E-state index contributed by atoms with van der Waals surface area (Å²) in [7, 11) is 0. The van der Waals surface area contributed by atoms with E-state index in [-0.39, 0.29) is 5.95 Å². The quantitative estimate of drug-likeness (QED) is 0.659. The summed E-state index contributed by atoms with van der Waals surface area (Å²) in [5.74, 6) is 0.845. The summed E-state index contributed by atoms with van der Waals surface area (Å²) >= 11 is 5.98.